The van der Waals surface area contributed by atoms with Crippen molar-refractivity contribution in [3.05, 3.63) is 20.8 Å². The van der Waals surface area contributed by atoms with E-state index in [4.69, 9.17) is 10.8 Å². The molecule has 1 aromatic heterocycles. The molecule has 12 heavy (non-hydrogen) atoms. The molecular weight excluding hydrogens is 262 g/mol. The summed E-state index contributed by atoms with van der Waals surface area (Å²) < 4.78 is 1.08. The molecule has 2 nitrogen and oxygen atoms in total. The third-order valence-corrected chi connectivity index (χ3v) is 3.16. The topological polar surface area (TPSA) is 46.2 Å². The van der Waals surface area contributed by atoms with Crippen LogP contribution in [0.25, 0.3) is 0 Å². The van der Waals surface area contributed by atoms with Gasteiger partial charge in [-0.25, -0.2) is 0 Å². The van der Waals surface area contributed by atoms with Crippen molar-refractivity contribution in [2.45, 2.75) is 12.5 Å². The average molecular weight is 273 g/mol. The SMILES string of the molecule is Cl.NC(CCO)c1ccc(Br)s1. The molecule has 1 unspecified atom stereocenters. The van der Waals surface area contributed by atoms with Crippen molar-refractivity contribution in [1.29, 1.82) is 0 Å². The Kier molecular flexibility index (Phi) is 6.13. The third kappa shape index (κ3) is 3.41. The largest absolute Gasteiger partial charge is 0.396 e. The lowest BCUT2D eigenvalue weighted by atomic mass is 10.2. The van der Waals surface area contributed by atoms with Gasteiger partial charge in [0.1, 0.15) is 0 Å². The Hall–Kier alpha value is 0.390. The van der Waals surface area contributed by atoms with Crippen molar-refractivity contribution in [1.82, 2.24) is 0 Å². The second-order valence-electron chi connectivity index (χ2n) is 2.26. The zero-order chi connectivity index (χ0) is 8.27. The van der Waals surface area contributed by atoms with E-state index in [1.165, 1.54) is 0 Å². The first-order chi connectivity index (χ1) is 5.24. The van der Waals surface area contributed by atoms with Gasteiger partial charge >= 0.3 is 0 Å². The van der Waals surface area contributed by atoms with Gasteiger partial charge < -0.3 is 10.8 Å². The highest BCUT2D eigenvalue weighted by molar-refractivity contribution is 9.11. The van der Waals surface area contributed by atoms with Crippen LogP contribution in [0.15, 0.2) is 15.9 Å². The van der Waals surface area contributed by atoms with Gasteiger partial charge in [-0.3, -0.25) is 0 Å². The fourth-order valence-corrected chi connectivity index (χ4v) is 2.27. The predicted octanol–water partition coefficient (Wildman–Crippen LogP) is 2.31. The van der Waals surface area contributed by atoms with Crippen molar-refractivity contribution >= 4 is 39.7 Å². The van der Waals surface area contributed by atoms with Gasteiger partial charge in [-0.2, -0.15) is 0 Å². The molecule has 0 aliphatic carbocycles. The van der Waals surface area contributed by atoms with E-state index in [-0.39, 0.29) is 25.1 Å². The van der Waals surface area contributed by atoms with Gasteiger partial charge in [-0.05, 0) is 34.5 Å². The number of rotatable bonds is 3. The maximum absolute atomic E-state index is 8.62. The summed E-state index contributed by atoms with van der Waals surface area (Å²) in [5.74, 6) is 0. The summed E-state index contributed by atoms with van der Waals surface area (Å²) in [5.41, 5.74) is 5.75. The first-order valence-electron chi connectivity index (χ1n) is 3.35. The highest BCUT2D eigenvalue weighted by Crippen LogP contribution is 2.27. The maximum Gasteiger partial charge on any atom is 0.0701 e. The van der Waals surface area contributed by atoms with Crippen LogP contribution in [0.2, 0.25) is 0 Å². The van der Waals surface area contributed by atoms with Crippen LogP contribution in [-0.4, -0.2) is 11.7 Å². The van der Waals surface area contributed by atoms with Crippen molar-refractivity contribution < 1.29 is 5.11 Å². The van der Waals surface area contributed by atoms with Crippen molar-refractivity contribution in [3.8, 4) is 0 Å². The Morgan fingerprint density at radius 1 is 1.58 bits per heavy atom. The molecule has 0 spiro atoms. The summed E-state index contributed by atoms with van der Waals surface area (Å²) in [6.07, 6.45) is 0.632. The van der Waals surface area contributed by atoms with Gasteiger partial charge in [0.25, 0.3) is 0 Å². The molecule has 1 heterocycles. The molecule has 0 saturated heterocycles. The van der Waals surface area contributed by atoms with Gasteiger partial charge in [0.05, 0.1) is 3.79 Å². The number of hydrogen-bond acceptors (Lipinski definition) is 3. The zero-order valence-electron chi connectivity index (χ0n) is 6.37. The summed E-state index contributed by atoms with van der Waals surface area (Å²) in [6, 6.07) is 3.93. The van der Waals surface area contributed by atoms with Crippen LogP contribution >= 0.6 is 39.7 Å². The number of hydrogen-bond donors (Lipinski definition) is 2. The van der Waals surface area contributed by atoms with E-state index in [0.717, 1.165) is 8.66 Å². The van der Waals surface area contributed by atoms with E-state index in [9.17, 15) is 0 Å². The van der Waals surface area contributed by atoms with E-state index in [1.807, 2.05) is 12.1 Å². The highest BCUT2D eigenvalue weighted by Gasteiger charge is 2.06. The van der Waals surface area contributed by atoms with Crippen molar-refractivity contribution in [2.75, 3.05) is 6.61 Å². The summed E-state index contributed by atoms with van der Waals surface area (Å²) >= 11 is 4.97. The lowest BCUT2D eigenvalue weighted by molar-refractivity contribution is 0.277. The number of thiophene rings is 1. The highest BCUT2D eigenvalue weighted by atomic mass is 79.9. The Balaban J connectivity index is 0.00000121. The molecule has 0 amide bonds. The standard InChI is InChI=1S/C7H10BrNOS.ClH/c8-7-2-1-6(11-7)5(9)3-4-10;/h1-2,5,10H,3-4,9H2;1H. The molecule has 1 aromatic rings. The van der Waals surface area contributed by atoms with E-state index >= 15 is 0 Å². The lowest BCUT2D eigenvalue weighted by Crippen LogP contribution is -2.09. The minimum Gasteiger partial charge on any atom is -0.396 e. The molecule has 0 bridgehead atoms. The van der Waals surface area contributed by atoms with E-state index in [1.54, 1.807) is 11.3 Å². The summed E-state index contributed by atoms with van der Waals surface area (Å²) in [6.45, 7) is 0.149. The first kappa shape index (κ1) is 12.4. The molecule has 0 aromatic carbocycles. The van der Waals surface area contributed by atoms with Crippen LogP contribution in [-0.2, 0) is 0 Å². The minimum atomic E-state index is -0.0173. The zero-order valence-corrected chi connectivity index (χ0v) is 9.58. The molecule has 70 valence electrons. The molecule has 3 N–H and O–H groups in total. The molecule has 1 atom stereocenters. The molecule has 0 saturated carbocycles. The molecule has 5 heteroatoms. The normalized spacial score (nSPS) is 12.2. The Labute approximate surface area is 90.3 Å². The lowest BCUT2D eigenvalue weighted by Gasteiger charge is -2.05. The summed E-state index contributed by atoms with van der Waals surface area (Å²) in [4.78, 5) is 1.12. The van der Waals surface area contributed by atoms with E-state index in [0.29, 0.717) is 6.42 Å². The maximum atomic E-state index is 8.62. The fourth-order valence-electron chi connectivity index (χ4n) is 0.809. The Morgan fingerprint density at radius 2 is 2.25 bits per heavy atom. The fraction of sp³-hybridized carbons (Fsp3) is 0.429. The number of aliphatic hydroxyl groups excluding tert-OH is 1. The van der Waals surface area contributed by atoms with Gasteiger partial charge in [-0.15, -0.1) is 23.7 Å². The van der Waals surface area contributed by atoms with E-state index < -0.39 is 0 Å². The molecule has 0 radical (unpaired) electrons. The second kappa shape index (κ2) is 5.94. The number of halogens is 2. The summed E-state index contributed by atoms with van der Waals surface area (Å²) in [5, 5.41) is 8.62. The molecule has 1 rings (SSSR count). The Morgan fingerprint density at radius 3 is 2.67 bits per heavy atom. The van der Waals surface area contributed by atoms with Crippen LogP contribution in [0.4, 0.5) is 0 Å². The van der Waals surface area contributed by atoms with E-state index in [2.05, 4.69) is 15.9 Å². The van der Waals surface area contributed by atoms with Crippen LogP contribution in [0.5, 0.6) is 0 Å². The van der Waals surface area contributed by atoms with Crippen LogP contribution in [0.1, 0.15) is 17.3 Å². The van der Waals surface area contributed by atoms with Crippen LogP contribution in [0.3, 0.4) is 0 Å². The summed E-state index contributed by atoms with van der Waals surface area (Å²) in [7, 11) is 0. The van der Waals surface area contributed by atoms with Crippen molar-refractivity contribution in [2.24, 2.45) is 5.73 Å². The van der Waals surface area contributed by atoms with Crippen molar-refractivity contribution in [3.63, 3.8) is 0 Å². The Bertz CT molecular complexity index is 231. The van der Waals surface area contributed by atoms with Gasteiger partial charge in [0.2, 0.25) is 0 Å². The molecule has 0 aliphatic rings. The second-order valence-corrected chi connectivity index (χ2v) is 4.76. The van der Waals surface area contributed by atoms with Crippen LogP contribution < -0.4 is 5.73 Å². The molecule has 0 fully saturated rings. The predicted molar refractivity (Wildman–Crippen MR) is 57.9 cm³/mol. The van der Waals surface area contributed by atoms with Gasteiger partial charge in [-0.1, -0.05) is 0 Å². The molecule has 0 aliphatic heterocycles. The van der Waals surface area contributed by atoms with Gasteiger partial charge in [0.15, 0.2) is 0 Å². The average Bonchev–Trinajstić information content (AvgIpc) is 2.36. The molecular formula is C7H11BrClNOS. The monoisotopic (exact) mass is 271 g/mol. The smallest absolute Gasteiger partial charge is 0.0701 e. The minimum absolute atomic E-state index is 0. The number of nitrogens with two attached hydrogens (primary N) is 1. The third-order valence-electron chi connectivity index (χ3n) is 1.40. The number of aliphatic hydroxyl groups is 1. The van der Waals surface area contributed by atoms with Crippen LogP contribution in [0, 0.1) is 0 Å². The first-order valence-corrected chi connectivity index (χ1v) is 4.96. The quantitative estimate of drug-likeness (QED) is 0.887. The van der Waals surface area contributed by atoms with Gasteiger partial charge in [0, 0.05) is 17.5 Å².